The summed E-state index contributed by atoms with van der Waals surface area (Å²) in [6.07, 6.45) is -0.602. The Kier molecular flexibility index (Phi) is 3.95. The van der Waals surface area contributed by atoms with Crippen molar-refractivity contribution < 1.29 is 24.0 Å². The molecule has 18 heavy (non-hydrogen) atoms. The molecule has 0 aliphatic heterocycles. The van der Waals surface area contributed by atoms with E-state index in [1.807, 2.05) is 0 Å². The molecular weight excluding hydrogens is 240 g/mol. The minimum atomic E-state index is -1.21. The van der Waals surface area contributed by atoms with Gasteiger partial charge in [-0.25, -0.2) is 9.59 Å². The molecule has 0 aliphatic carbocycles. The van der Waals surface area contributed by atoms with Gasteiger partial charge in [0.2, 0.25) is 5.76 Å². The van der Waals surface area contributed by atoms with Gasteiger partial charge in [-0.05, 0) is 27.7 Å². The molecule has 1 atom stereocenters. The molecule has 2 N–H and O–H groups in total. The number of nitrogens with zero attached hydrogens (tertiary/aromatic N) is 1. The number of amides is 1. The average molecular weight is 256 g/mol. The van der Waals surface area contributed by atoms with Gasteiger partial charge in [0.1, 0.15) is 11.3 Å². The maximum Gasteiger partial charge on any atom is 0.408 e. The number of nitrogens with one attached hydrogen (secondary N) is 1. The van der Waals surface area contributed by atoms with Gasteiger partial charge >= 0.3 is 12.1 Å². The van der Waals surface area contributed by atoms with Crippen molar-refractivity contribution in [2.45, 2.75) is 39.3 Å². The van der Waals surface area contributed by atoms with Gasteiger partial charge in [-0.1, -0.05) is 5.16 Å². The topological polar surface area (TPSA) is 102 Å². The van der Waals surface area contributed by atoms with Crippen LogP contribution in [0, 0.1) is 0 Å². The summed E-state index contributed by atoms with van der Waals surface area (Å²) in [5.74, 6) is -1.49. The van der Waals surface area contributed by atoms with E-state index in [0.29, 0.717) is 5.69 Å². The minimum absolute atomic E-state index is 0.275. The maximum atomic E-state index is 11.5. The fourth-order valence-corrected chi connectivity index (χ4v) is 1.15. The highest BCUT2D eigenvalue weighted by Gasteiger charge is 2.21. The number of hydrogen-bond donors (Lipinski definition) is 2. The molecule has 0 saturated carbocycles. The number of rotatable bonds is 3. The van der Waals surface area contributed by atoms with Crippen LogP contribution in [0.1, 0.15) is 50.0 Å². The van der Waals surface area contributed by atoms with Crippen molar-refractivity contribution in [3.05, 3.63) is 17.5 Å². The van der Waals surface area contributed by atoms with Crippen molar-refractivity contribution in [3.63, 3.8) is 0 Å². The van der Waals surface area contributed by atoms with Crippen LogP contribution < -0.4 is 5.32 Å². The summed E-state index contributed by atoms with van der Waals surface area (Å²) >= 11 is 0. The highest BCUT2D eigenvalue weighted by molar-refractivity contribution is 5.84. The van der Waals surface area contributed by atoms with Crippen LogP contribution in [0.25, 0.3) is 0 Å². The lowest BCUT2D eigenvalue weighted by Gasteiger charge is -2.21. The Morgan fingerprint density at radius 1 is 1.50 bits per heavy atom. The number of aromatic nitrogens is 1. The van der Waals surface area contributed by atoms with E-state index in [2.05, 4.69) is 15.0 Å². The molecule has 0 spiro atoms. The molecule has 1 aromatic heterocycles. The summed E-state index contributed by atoms with van der Waals surface area (Å²) in [4.78, 5) is 22.1. The first-order chi connectivity index (χ1) is 8.19. The van der Waals surface area contributed by atoms with Gasteiger partial charge in [0.25, 0.3) is 0 Å². The van der Waals surface area contributed by atoms with Gasteiger partial charge in [0, 0.05) is 6.07 Å². The van der Waals surface area contributed by atoms with Crippen LogP contribution in [0.4, 0.5) is 4.79 Å². The molecule has 0 saturated heterocycles. The normalized spacial score (nSPS) is 12.9. The molecule has 100 valence electrons. The lowest BCUT2D eigenvalue weighted by molar-refractivity contribution is 0.0505. The molecule has 0 bridgehead atoms. The Balaban J connectivity index is 2.62. The second kappa shape index (κ2) is 5.07. The minimum Gasteiger partial charge on any atom is -0.475 e. The van der Waals surface area contributed by atoms with Crippen molar-refractivity contribution >= 4 is 12.1 Å². The highest BCUT2D eigenvalue weighted by atomic mass is 16.6. The van der Waals surface area contributed by atoms with Gasteiger partial charge in [-0.3, -0.25) is 0 Å². The molecule has 0 radical (unpaired) electrons. The Bertz CT molecular complexity index is 447. The second-order valence-corrected chi connectivity index (χ2v) is 4.79. The predicted molar refractivity (Wildman–Crippen MR) is 61.2 cm³/mol. The molecule has 0 aliphatic rings. The molecular formula is C11H16N2O5. The highest BCUT2D eigenvalue weighted by Crippen LogP contribution is 2.14. The number of carbonyl (C=O) groups is 2. The van der Waals surface area contributed by atoms with Gasteiger partial charge < -0.3 is 19.7 Å². The summed E-state index contributed by atoms with van der Waals surface area (Å²) in [5.41, 5.74) is -0.280. The maximum absolute atomic E-state index is 11.5. The summed E-state index contributed by atoms with van der Waals surface area (Å²) in [6, 6.07) is 0.751. The molecule has 1 rings (SSSR count). The van der Waals surface area contributed by atoms with Crippen molar-refractivity contribution in [1.29, 1.82) is 0 Å². The second-order valence-electron chi connectivity index (χ2n) is 4.79. The molecule has 7 heteroatoms. The van der Waals surface area contributed by atoms with Crippen LogP contribution in [0.3, 0.4) is 0 Å². The van der Waals surface area contributed by atoms with Crippen LogP contribution >= 0.6 is 0 Å². The van der Waals surface area contributed by atoms with Crippen LogP contribution in [-0.2, 0) is 4.74 Å². The summed E-state index contributed by atoms with van der Waals surface area (Å²) < 4.78 is 9.65. The van der Waals surface area contributed by atoms with E-state index in [4.69, 9.17) is 9.84 Å². The molecule has 1 amide bonds. The number of ether oxygens (including phenoxy) is 1. The number of alkyl carbamates (subject to hydrolysis) is 1. The molecule has 0 unspecified atom stereocenters. The van der Waals surface area contributed by atoms with Crippen LogP contribution in [0.15, 0.2) is 10.6 Å². The SMILES string of the molecule is C[C@@H](NC(=O)OC(C)(C)C)c1cc(C(=O)O)on1. The van der Waals surface area contributed by atoms with E-state index < -0.39 is 23.7 Å². The van der Waals surface area contributed by atoms with E-state index in [1.54, 1.807) is 27.7 Å². The van der Waals surface area contributed by atoms with Crippen molar-refractivity contribution in [2.75, 3.05) is 0 Å². The van der Waals surface area contributed by atoms with E-state index in [0.717, 1.165) is 0 Å². The Labute approximate surface area is 104 Å². The third-order valence-electron chi connectivity index (χ3n) is 1.92. The molecule has 1 aromatic rings. The van der Waals surface area contributed by atoms with Gasteiger partial charge in [-0.2, -0.15) is 0 Å². The van der Waals surface area contributed by atoms with Gasteiger partial charge in [-0.15, -0.1) is 0 Å². The fourth-order valence-electron chi connectivity index (χ4n) is 1.15. The number of hydrogen-bond acceptors (Lipinski definition) is 5. The zero-order valence-corrected chi connectivity index (χ0v) is 10.7. The molecule has 7 nitrogen and oxygen atoms in total. The first-order valence-corrected chi connectivity index (χ1v) is 5.38. The summed E-state index contributed by atoms with van der Waals surface area (Å²) in [5, 5.41) is 14.8. The Hall–Kier alpha value is -2.05. The molecule has 1 heterocycles. The third kappa shape index (κ3) is 4.08. The van der Waals surface area contributed by atoms with E-state index in [-0.39, 0.29) is 5.76 Å². The Morgan fingerprint density at radius 3 is 2.56 bits per heavy atom. The smallest absolute Gasteiger partial charge is 0.408 e. The Morgan fingerprint density at radius 2 is 2.11 bits per heavy atom. The lowest BCUT2D eigenvalue weighted by Crippen LogP contribution is -2.34. The summed E-state index contributed by atoms with van der Waals surface area (Å²) in [7, 11) is 0. The first-order valence-electron chi connectivity index (χ1n) is 5.38. The van der Waals surface area contributed by atoms with E-state index in [1.165, 1.54) is 6.07 Å². The van der Waals surface area contributed by atoms with Crippen LogP contribution in [0.2, 0.25) is 0 Å². The molecule has 0 fully saturated rings. The van der Waals surface area contributed by atoms with Crippen LogP contribution in [0.5, 0.6) is 0 Å². The van der Waals surface area contributed by atoms with E-state index in [9.17, 15) is 9.59 Å². The molecule has 0 aromatic carbocycles. The quantitative estimate of drug-likeness (QED) is 0.857. The largest absolute Gasteiger partial charge is 0.475 e. The third-order valence-corrected chi connectivity index (χ3v) is 1.92. The van der Waals surface area contributed by atoms with Crippen molar-refractivity contribution in [3.8, 4) is 0 Å². The van der Waals surface area contributed by atoms with Crippen LogP contribution in [-0.4, -0.2) is 27.9 Å². The number of carboxylic acid groups (broad SMARTS) is 1. The number of carboxylic acids is 1. The summed E-state index contributed by atoms with van der Waals surface area (Å²) in [6.45, 7) is 6.88. The van der Waals surface area contributed by atoms with Crippen molar-refractivity contribution in [2.24, 2.45) is 0 Å². The van der Waals surface area contributed by atoms with Gasteiger partial charge in [0.15, 0.2) is 0 Å². The lowest BCUT2D eigenvalue weighted by atomic mass is 10.2. The first kappa shape index (κ1) is 14.0. The standard InChI is InChI=1S/C11H16N2O5/c1-6(12-10(16)17-11(2,3)4)7-5-8(9(14)15)18-13-7/h5-6H,1-4H3,(H,12,16)(H,14,15)/t6-/m1/s1. The fraction of sp³-hybridized carbons (Fsp3) is 0.545. The predicted octanol–water partition coefficient (Wildman–Crippen LogP) is 1.96. The average Bonchev–Trinajstić information content (AvgIpc) is 2.62. The zero-order valence-electron chi connectivity index (χ0n) is 10.7. The number of carbonyl (C=O) groups excluding carboxylic acids is 1. The van der Waals surface area contributed by atoms with Crippen molar-refractivity contribution in [1.82, 2.24) is 10.5 Å². The van der Waals surface area contributed by atoms with E-state index >= 15 is 0 Å². The zero-order chi connectivity index (χ0) is 13.9. The monoisotopic (exact) mass is 256 g/mol. The van der Waals surface area contributed by atoms with Gasteiger partial charge in [0.05, 0.1) is 6.04 Å². The number of aromatic carboxylic acids is 1.